The Kier molecular flexibility index (Phi) is 4.32. The first-order valence-corrected chi connectivity index (χ1v) is 7.31. The first-order chi connectivity index (χ1) is 9.02. The molecule has 0 saturated heterocycles. The molecule has 2 aliphatic carbocycles. The Bertz CT molecular complexity index is 339. The third kappa shape index (κ3) is 3.85. The fourth-order valence-electron chi connectivity index (χ4n) is 2.78. The van der Waals surface area contributed by atoms with Crippen molar-refractivity contribution in [3.8, 4) is 0 Å². The van der Waals surface area contributed by atoms with Crippen LogP contribution in [0.4, 0.5) is 4.79 Å². The molecule has 0 heterocycles. The molecule has 19 heavy (non-hydrogen) atoms. The monoisotopic (exact) mass is 268 g/mol. The van der Waals surface area contributed by atoms with E-state index in [9.17, 15) is 9.59 Å². The summed E-state index contributed by atoms with van der Waals surface area (Å²) in [5.74, 6) is 0.453. The molecule has 5 nitrogen and oxygen atoms in total. The van der Waals surface area contributed by atoms with Gasteiger partial charge in [-0.05, 0) is 51.4 Å². The van der Waals surface area contributed by atoms with E-state index < -0.39 is 5.97 Å². The molecule has 0 aliphatic heterocycles. The van der Waals surface area contributed by atoms with Crippen molar-refractivity contribution in [2.75, 3.05) is 6.54 Å². The molecule has 0 aromatic carbocycles. The Hall–Kier alpha value is -1.26. The van der Waals surface area contributed by atoms with Crippen LogP contribution >= 0.6 is 0 Å². The van der Waals surface area contributed by atoms with Crippen molar-refractivity contribution >= 4 is 12.0 Å². The van der Waals surface area contributed by atoms with Gasteiger partial charge in [0.2, 0.25) is 0 Å². The second kappa shape index (κ2) is 5.80. The van der Waals surface area contributed by atoms with Gasteiger partial charge in [-0.15, -0.1) is 0 Å². The van der Waals surface area contributed by atoms with Crippen molar-refractivity contribution in [2.45, 2.75) is 58.0 Å². The Balaban J connectivity index is 1.89. The van der Waals surface area contributed by atoms with Gasteiger partial charge < -0.3 is 15.3 Å². The van der Waals surface area contributed by atoms with Crippen LogP contribution in [0.1, 0.15) is 46.0 Å². The van der Waals surface area contributed by atoms with Crippen LogP contribution < -0.4 is 5.32 Å². The summed E-state index contributed by atoms with van der Waals surface area (Å²) in [5, 5.41) is 12.0. The van der Waals surface area contributed by atoms with Gasteiger partial charge in [-0.3, -0.25) is 4.79 Å². The summed E-state index contributed by atoms with van der Waals surface area (Å²) in [4.78, 5) is 24.7. The molecule has 2 rings (SSSR count). The fourth-order valence-corrected chi connectivity index (χ4v) is 2.78. The van der Waals surface area contributed by atoms with Gasteiger partial charge in [0.05, 0.1) is 6.42 Å². The Morgan fingerprint density at radius 1 is 1.26 bits per heavy atom. The zero-order chi connectivity index (χ0) is 14.0. The third-order valence-corrected chi connectivity index (χ3v) is 4.15. The third-order valence-electron chi connectivity index (χ3n) is 4.15. The topological polar surface area (TPSA) is 69.6 Å². The molecule has 1 unspecified atom stereocenters. The Labute approximate surface area is 114 Å². The quantitative estimate of drug-likeness (QED) is 0.742. The number of hydrogen-bond acceptors (Lipinski definition) is 2. The molecule has 2 aliphatic rings. The summed E-state index contributed by atoms with van der Waals surface area (Å²) < 4.78 is 0. The van der Waals surface area contributed by atoms with Gasteiger partial charge in [-0.2, -0.15) is 0 Å². The highest BCUT2D eigenvalue weighted by Gasteiger charge is 2.42. The van der Waals surface area contributed by atoms with Crippen LogP contribution in [0.5, 0.6) is 0 Å². The average molecular weight is 268 g/mol. The minimum Gasteiger partial charge on any atom is -0.481 e. The molecule has 2 amide bonds. The number of rotatable bonds is 7. The minimum absolute atomic E-state index is 0.00121. The second-order valence-electron chi connectivity index (χ2n) is 5.88. The maximum Gasteiger partial charge on any atom is 0.317 e. The largest absolute Gasteiger partial charge is 0.481 e. The first-order valence-electron chi connectivity index (χ1n) is 7.31. The molecule has 2 saturated carbocycles. The Morgan fingerprint density at radius 2 is 1.79 bits per heavy atom. The predicted molar refractivity (Wildman–Crippen MR) is 71.9 cm³/mol. The minimum atomic E-state index is -0.861. The summed E-state index contributed by atoms with van der Waals surface area (Å²) in [6.07, 6.45) is 4.88. The van der Waals surface area contributed by atoms with Gasteiger partial charge in [0.25, 0.3) is 0 Å². The molecular formula is C14H24N2O3. The number of carboxylic acids is 1. The van der Waals surface area contributed by atoms with E-state index in [1.165, 1.54) is 25.7 Å². The van der Waals surface area contributed by atoms with Gasteiger partial charge in [-0.25, -0.2) is 4.79 Å². The molecule has 108 valence electrons. The van der Waals surface area contributed by atoms with Gasteiger partial charge in [-0.1, -0.05) is 0 Å². The SMILES string of the molecule is CCN(C(=O)NC(C1CC1)C1CC1)C(C)CC(=O)O. The van der Waals surface area contributed by atoms with Crippen molar-refractivity contribution in [2.24, 2.45) is 11.8 Å². The summed E-state index contributed by atoms with van der Waals surface area (Å²) in [6, 6.07) is -0.0415. The van der Waals surface area contributed by atoms with E-state index in [4.69, 9.17) is 5.11 Å². The number of carboxylic acid groups (broad SMARTS) is 1. The van der Waals surface area contributed by atoms with Crippen molar-refractivity contribution < 1.29 is 14.7 Å². The number of carbonyl (C=O) groups is 2. The van der Waals surface area contributed by atoms with Gasteiger partial charge in [0, 0.05) is 18.6 Å². The van der Waals surface area contributed by atoms with Crippen LogP contribution in [-0.2, 0) is 4.79 Å². The van der Waals surface area contributed by atoms with Crippen molar-refractivity contribution in [1.29, 1.82) is 0 Å². The molecular weight excluding hydrogens is 244 g/mol. The number of nitrogens with one attached hydrogen (secondary N) is 1. The lowest BCUT2D eigenvalue weighted by Gasteiger charge is -2.30. The molecule has 1 atom stereocenters. The number of amides is 2. The smallest absolute Gasteiger partial charge is 0.317 e. The maximum absolute atomic E-state index is 12.3. The predicted octanol–water partition coefficient (Wildman–Crippen LogP) is 2.07. The van der Waals surface area contributed by atoms with Crippen LogP contribution in [0, 0.1) is 11.8 Å². The summed E-state index contributed by atoms with van der Waals surface area (Å²) in [6.45, 7) is 4.23. The van der Waals surface area contributed by atoms with E-state index in [0.29, 0.717) is 24.4 Å². The highest BCUT2D eigenvalue weighted by molar-refractivity contribution is 5.76. The van der Waals surface area contributed by atoms with E-state index in [1.54, 1.807) is 11.8 Å². The summed E-state index contributed by atoms with van der Waals surface area (Å²) >= 11 is 0. The first kappa shape index (κ1) is 14.2. The summed E-state index contributed by atoms with van der Waals surface area (Å²) in [7, 11) is 0. The Morgan fingerprint density at radius 3 is 2.16 bits per heavy atom. The molecule has 5 heteroatoms. The van der Waals surface area contributed by atoms with E-state index in [2.05, 4.69) is 5.32 Å². The van der Waals surface area contributed by atoms with Crippen LogP contribution in [-0.4, -0.2) is 40.6 Å². The molecule has 2 fully saturated rings. The number of aliphatic carboxylic acids is 1. The lowest BCUT2D eigenvalue weighted by Crippen LogP contribution is -2.50. The lowest BCUT2D eigenvalue weighted by molar-refractivity contribution is -0.138. The molecule has 0 bridgehead atoms. The zero-order valence-electron chi connectivity index (χ0n) is 11.8. The van der Waals surface area contributed by atoms with Gasteiger partial charge in [0.1, 0.15) is 0 Å². The average Bonchev–Trinajstić information content (AvgIpc) is 3.18. The lowest BCUT2D eigenvalue weighted by atomic mass is 10.1. The van der Waals surface area contributed by atoms with Crippen LogP contribution in [0.15, 0.2) is 0 Å². The molecule has 0 aromatic rings. The van der Waals surface area contributed by atoms with Crippen molar-refractivity contribution in [3.63, 3.8) is 0 Å². The standard InChI is InChI=1S/C14H24N2O3/c1-3-16(9(2)8-12(17)18)14(19)15-13(10-4-5-10)11-6-7-11/h9-11,13H,3-8H2,1-2H3,(H,15,19)(H,17,18). The maximum atomic E-state index is 12.3. The normalized spacial score (nSPS) is 20.2. The van der Waals surface area contributed by atoms with Crippen molar-refractivity contribution in [3.05, 3.63) is 0 Å². The van der Waals surface area contributed by atoms with Crippen molar-refractivity contribution in [1.82, 2.24) is 10.2 Å². The highest BCUT2D eigenvalue weighted by Crippen LogP contribution is 2.44. The van der Waals surface area contributed by atoms with Crippen LogP contribution in [0.2, 0.25) is 0 Å². The highest BCUT2D eigenvalue weighted by atomic mass is 16.4. The van der Waals surface area contributed by atoms with E-state index >= 15 is 0 Å². The molecule has 0 spiro atoms. The summed E-state index contributed by atoms with van der Waals surface area (Å²) in [5.41, 5.74) is 0. The van der Waals surface area contributed by atoms with E-state index in [-0.39, 0.29) is 18.5 Å². The molecule has 2 N–H and O–H groups in total. The number of urea groups is 1. The number of carbonyl (C=O) groups excluding carboxylic acids is 1. The van der Waals surface area contributed by atoms with E-state index in [0.717, 1.165) is 0 Å². The van der Waals surface area contributed by atoms with E-state index in [1.807, 2.05) is 6.92 Å². The van der Waals surface area contributed by atoms with Crippen LogP contribution in [0.3, 0.4) is 0 Å². The molecule has 0 aromatic heterocycles. The number of hydrogen-bond donors (Lipinski definition) is 2. The zero-order valence-corrected chi connectivity index (χ0v) is 11.8. The van der Waals surface area contributed by atoms with Gasteiger partial charge in [0.15, 0.2) is 0 Å². The van der Waals surface area contributed by atoms with Gasteiger partial charge >= 0.3 is 12.0 Å². The van der Waals surface area contributed by atoms with Crippen LogP contribution in [0.25, 0.3) is 0 Å². The molecule has 0 radical (unpaired) electrons. The number of nitrogens with zero attached hydrogens (tertiary/aromatic N) is 1. The second-order valence-corrected chi connectivity index (χ2v) is 5.88. The fraction of sp³-hybridized carbons (Fsp3) is 0.857.